The standard InChI is InChI=1S/C23H18N4O3/c1-13(23(29)30)27-12-19(16-4-2-3-5-21(16)27)20-10-17(18(11-24)22(25)26-20)14-6-8-15(28)9-7-14/h2-10,12-13,28H,1H3,(H2,25,26)(H,29,30)/t13-/m1/s1. The highest BCUT2D eigenvalue weighted by Gasteiger charge is 2.21. The number of para-hydroxylation sites is 1. The summed E-state index contributed by atoms with van der Waals surface area (Å²) < 4.78 is 1.68. The zero-order chi connectivity index (χ0) is 21.4. The van der Waals surface area contributed by atoms with Crippen LogP contribution in [0.2, 0.25) is 0 Å². The van der Waals surface area contributed by atoms with Gasteiger partial charge in [0.2, 0.25) is 0 Å². The number of aromatic hydroxyl groups is 1. The Morgan fingerprint density at radius 2 is 1.87 bits per heavy atom. The molecular weight excluding hydrogens is 380 g/mol. The largest absolute Gasteiger partial charge is 0.508 e. The van der Waals surface area contributed by atoms with Crippen molar-refractivity contribution in [1.29, 1.82) is 5.26 Å². The summed E-state index contributed by atoms with van der Waals surface area (Å²) in [5, 5.41) is 29.5. The van der Waals surface area contributed by atoms with Crippen molar-refractivity contribution >= 4 is 22.7 Å². The molecule has 0 saturated heterocycles. The van der Waals surface area contributed by atoms with Gasteiger partial charge in [-0.2, -0.15) is 5.26 Å². The number of aliphatic carboxylic acids is 1. The van der Waals surface area contributed by atoms with Gasteiger partial charge in [-0.25, -0.2) is 9.78 Å². The van der Waals surface area contributed by atoms with Crippen LogP contribution in [0.4, 0.5) is 5.82 Å². The number of rotatable bonds is 4. The van der Waals surface area contributed by atoms with Crippen molar-refractivity contribution in [3.8, 4) is 34.2 Å². The van der Waals surface area contributed by atoms with Crippen LogP contribution in [0.15, 0.2) is 60.8 Å². The Morgan fingerprint density at radius 3 is 2.53 bits per heavy atom. The first kappa shape index (κ1) is 19.0. The second-order valence-corrected chi connectivity index (χ2v) is 6.96. The number of aromatic nitrogens is 2. The maximum absolute atomic E-state index is 11.6. The van der Waals surface area contributed by atoms with Crippen molar-refractivity contribution in [2.45, 2.75) is 13.0 Å². The summed E-state index contributed by atoms with van der Waals surface area (Å²) in [6.07, 6.45) is 1.75. The summed E-state index contributed by atoms with van der Waals surface area (Å²) in [4.78, 5) is 16.0. The third-order valence-corrected chi connectivity index (χ3v) is 5.13. The molecule has 0 aliphatic rings. The van der Waals surface area contributed by atoms with E-state index in [1.165, 1.54) is 12.1 Å². The average Bonchev–Trinajstić information content (AvgIpc) is 3.13. The van der Waals surface area contributed by atoms with Gasteiger partial charge < -0.3 is 20.5 Å². The van der Waals surface area contributed by atoms with Crippen molar-refractivity contribution < 1.29 is 15.0 Å². The van der Waals surface area contributed by atoms with Crippen LogP contribution in [-0.2, 0) is 4.79 Å². The number of hydrogen-bond acceptors (Lipinski definition) is 5. The van der Waals surface area contributed by atoms with Crippen molar-refractivity contribution in [2.24, 2.45) is 0 Å². The molecule has 0 amide bonds. The van der Waals surface area contributed by atoms with Gasteiger partial charge in [0.05, 0.1) is 5.69 Å². The highest BCUT2D eigenvalue weighted by molar-refractivity contribution is 5.97. The van der Waals surface area contributed by atoms with Crippen LogP contribution in [0.1, 0.15) is 18.5 Å². The Labute approximate surface area is 172 Å². The van der Waals surface area contributed by atoms with E-state index >= 15 is 0 Å². The van der Waals surface area contributed by atoms with E-state index in [-0.39, 0.29) is 17.1 Å². The quantitative estimate of drug-likeness (QED) is 0.474. The minimum absolute atomic E-state index is 0.0844. The second-order valence-electron chi connectivity index (χ2n) is 6.96. The van der Waals surface area contributed by atoms with Crippen LogP contribution in [0.25, 0.3) is 33.3 Å². The van der Waals surface area contributed by atoms with Crippen LogP contribution in [-0.4, -0.2) is 25.7 Å². The van der Waals surface area contributed by atoms with Crippen molar-refractivity contribution in [1.82, 2.24) is 9.55 Å². The smallest absolute Gasteiger partial charge is 0.326 e. The van der Waals surface area contributed by atoms with Crippen molar-refractivity contribution in [3.63, 3.8) is 0 Å². The molecule has 0 spiro atoms. The maximum Gasteiger partial charge on any atom is 0.326 e. The number of carboxylic acids is 1. The first-order valence-electron chi connectivity index (χ1n) is 9.23. The fourth-order valence-corrected chi connectivity index (χ4v) is 3.54. The van der Waals surface area contributed by atoms with E-state index in [1.807, 2.05) is 24.3 Å². The van der Waals surface area contributed by atoms with Crippen LogP contribution >= 0.6 is 0 Å². The van der Waals surface area contributed by atoms with Crippen LogP contribution in [0.3, 0.4) is 0 Å². The van der Waals surface area contributed by atoms with E-state index in [2.05, 4.69) is 11.1 Å². The first-order chi connectivity index (χ1) is 14.4. The zero-order valence-corrected chi connectivity index (χ0v) is 16.1. The Balaban J connectivity index is 1.98. The predicted molar refractivity (Wildman–Crippen MR) is 114 cm³/mol. The summed E-state index contributed by atoms with van der Waals surface area (Å²) in [5.41, 5.74) is 9.66. The monoisotopic (exact) mass is 398 g/mol. The number of nitrogens with zero attached hydrogens (tertiary/aromatic N) is 3. The molecule has 0 aliphatic heterocycles. The van der Waals surface area contributed by atoms with E-state index in [1.54, 1.807) is 35.9 Å². The highest BCUT2D eigenvalue weighted by atomic mass is 16.4. The van der Waals surface area contributed by atoms with E-state index in [4.69, 9.17) is 5.73 Å². The molecule has 0 aliphatic carbocycles. The van der Waals surface area contributed by atoms with Gasteiger partial charge in [0.25, 0.3) is 0 Å². The number of benzene rings is 2. The third kappa shape index (κ3) is 3.10. The van der Waals surface area contributed by atoms with Crippen LogP contribution < -0.4 is 5.73 Å². The molecular formula is C23H18N4O3. The average molecular weight is 398 g/mol. The van der Waals surface area contributed by atoms with Gasteiger partial charge in [-0.15, -0.1) is 0 Å². The Kier molecular flexibility index (Phi) is 4.60. The van der Waals surface area contributed by atoms with Gasteiger partial charge in [-0.1, -0.05) is 30.3 Å². The maximum atomic E-state index is 11.6. The number of fused-ring (bicyclic) bond motifs is 1. The number of nitriles is 1. The van der Waals surface area contributed by atoms with Crippen LogP contribution in [0, 0.1) is 11.3 Å². The van der Waals surface area contributed by atoms with E-state index < -0.39 is 12.0 Å². The molecule has 0 saturated carbocycles. The topological polar surface area (TPSA) is 125 Å². The third-order valence-electron chi connectivity index (χ3n) is 5.13. The molecule has 148 valence electrons. The van der Waals surface area contributed by atoms with Crippen molar-refractivity contribution in [3.05, 3.63) is 66.4 Å². The summed E-state index contributed by atoms with van der Waals surface area (Å²) in [6.45, 7) is 1.61. The molecule has 0 fully saturated rings. The van der Waals surface area contributed by atoms with Gasteiger partial charge >= 0.3 is 5.97 Å². The lowest BCUT2D eigenvalue weighted by atomic mass is 9.98. The zero-order valence-electron chi connectivity index (χ0n) is 16.1. The SMILES string of the molecule is C[C@H](C(=O)O)n1cc(-c2cc(-c3ccc(O)cc3)c(C#N)c(N)n2)c2ccccc21. The van der Waals surface area contributed by atoms with Gasteiger partial charge in [0, 0.05) is 28.2 Å². The lowest BCUT2D eigenvalue weighted by Gasteiger charge is -2.10. The number of phenolic OH excluding ortho intramolecular Hbond substituents is 1. The van der Waals surface area contributed by atoms with Gasteiger partial charge in [0.15, 0.2) is 0 Å². The fourth-order valence-electron chi connectivity index (χ4n) is 3.54. The van der Waals surface area contributed by atoms with Gasteiger partial charge in [-0.3, -0.25) is 0 Å². The molecule has 7 heteroatoms. The summed E-state index contributed by atoms with van der Waals surface area (Å²) in [7, 11) is 0. The first-order valence-corrected chi connectivity index (χ1v) is 9.23. The number of pyridine rings is 1. The van der Waals surface area contributed by atoms with E-state index in [0.29, 0.717) is 16.8 Å². The highest BCUT2D eigenvalue weighted by Crippen LogP contribution is 2.36. The number of nitrogen functional groups attached to an aromatic ring is 1. The number of anilines is 1. The number of phenols is 1. The molecule has 4 rings (SSSR count). The lowest BCUT2D eigenvalue weighted by molar-refractivity contribution is -0.140. The number of hydrogen-bond donors (Lipinski definition) is 3. The molecule has 4 N–H and O–H groups in total. The minimum atomic E-state index is -0.945. The molecule has 1 atom stereocenters. The second kappa shape index (κ2) is 7.26. The molecule has 2 aromatic carbocycles. The predicted octanol–water partition coefficient (Wildman–Crippen LogP) is 4.18. The molecule has 4 aromatic rings. The summed E-state index contributed by atoms with van der Waals surface area (Å²) >= 11 is 0. The Hall–Kier alpha value is -4.31. The van der Waals surface area contributed by atoms with Crippen molar-refractivity contribution in [2.75, 3.05) is 5.73 Å². The summed E-state index contributed by atoms with van der Waals surface area (Å²) in [6, 6.07) is 17.0. The summed E-state index contributed by atoms with van der Waals surface area (Å²) in [5.74, 6) is -0.745. The Bertz CT molecular complexity index is 1320. The van der Waals surface area contributed by atoms with Gasteiger partial charge in [0.1, 0.15) is 29.2 Å². The Morgan fingerprint density at radius 1 is 1.17 bits per heavy atom. The molecule has 2 heterocycles. The molecule has 7 nitrogen and oxygen atoms in total. The number of carboxylic acid groups (broad SMARTS) is 1. The normalized spacial score (nSPS) is 11.9. The van der Waals surface area contributed by atoms with E-state index in [9.17, 15) is 20.3 Å². The van der Waals surface area contributed by atoms with Crippen LogP contribution in [0.5, 0.6) is 5.75 Å². The lowest BCUT2D eigenvalue weighted by Crippen LogP contribution is -2.14. The fraction of sp³-hybridized carbons (Fsp3) is 0.0870. The minimum Gasteiger partial charge on any atom is -0.508 e. The molecule has 0 unspecified atom stereocenters. The molecule has 30 heavy (non-hydrogen) atoms. The molecule has 0 bridgehead atoms. The molecule has 0 radical (unpaired) electrons. The van der Waals surface area contributed by atoms with E-state index in [0.717, 1.165) is 16.5 Å². The number of carbonyl (C=O) groups is 1. The number of nitrogens with two attached hydrogens (primary N) is 1. The molecule has 2 aromatic heterocycles. The van der Waals surface area contributed by atoms with Gasteiger partial charge in [-0.05, 0) is 36.8 Å².